The molecule has 5 nitrogen and oxygen atoms in total. The number of carboxylic acids is 1. The lowest BCUT2D eigenvalue weighted by Crippen LogP contribution is -2.42. The first kappa shape index (κ1) is 15.2. The van der Waals surface area contributed by atoms with Gasteiger partial charge in [-0.05, 0) is 30.5 Å². The van der Waals surface area contributed by atoms with Crippen molar-refractivity contribution in [3.05, 3.63) is 35.4 Å². The maximum atomic E-state index is 13.4. The Bertz CT molecular complexity index is 564. The Balaban J connectivity index is 2.33. The van der Waals surface area contributed by atoms with Crippen molar-refractivity contribution in [2.45, 2.75) is 18.9 Å². The van der Waals surface area contributed by atoms with Gasteiger partial charge < -0.3 is 14.7 Å². The van der Waals surface area contributed by atoms with E-state index in [9.17, 15) is 18.4 Å². The highest BCUT2D eigenvalue weighted by Gasteiger charge is 2.36. The Morgan fingerprint density at radius 2 is 2.05 bits per heavy atom. The van der Waals surface area contributed by atoms with Gasteiger partial charge in [0.15, 0.2) is 11.6 Å². The molecule has 0 spiro atoms. The molecule has 1 N–H and O–H groups in total. The number of carbonyl (C=O) groups excluding carboxylic acids is 1. The minimum Gasteiger partial charge on any atom is -0.481 e. The van der Waals surface area contributed by atoms with Gasteiger partial charge in [-0.1, -0.05) is 6.07 Å². The SMILES string of the molecule is COC(=O)N1CCC(C(=O)O)CC1c1ccc(F)c(F)c1. The normalized spacial score (nSPS) is 22.0. The van der Waals surface area contributed by atoms with E-state index in [4.69, 9.17) is 5.11 Å². The predicted molar refractivity (Wildman–Crippen MR) is 68.6 cm³/mol. The van der Waals surface area contributed by atoms with E-state index >= 15 is 0 Å². The quantitative estimate of drug-likeness (QED) is 0.911. The van der Waals surface area contributed by atoms with Crippen molar-refractivity contribution in [2.24, 2.45) is 5.92 Å². The Morgan fingerprint density at radius 3 is 2.62 bits per heavy atom. The highest BCUT2D eigenvalue weighted by Crippen LogP contribution is 2.35. The number of carbonyl (C=O) groups is 2. The van der Waals surface area contributed by atoms with Crippen LogP contribution < -0.4 is 0 Å². The molecule has 1 aromatic rings. The summed E-state index contributed by atoms with van der Waals surface area (Å²) < 4.78 is 31.1. The second-order valence-electron chi connectivity index (χ2n) is 4.91. The molecular weight excluding hydrogens is 284 g/mol. The minimum absolute atomic E-state index is 0.134. The van der Waals surface area contributed by atoms with E-state index in [0.29, 0.717) is 12.0 Å². The van der Waals surface area contributed by atoms with E-state index in [1.54, 1.807) is 0 Å². The van der Waals surface area contributed by atoms with Crippen molar-refractivity contribution < 1.29 is 28.2 Å². The Labute approximate surface area is 120 Å². The zero-order chi connectivity index (χ0) is 15.6. The number of amides is 1. The Kier molecular flexibility index (Phi) is 4.40. The molecule has 0 radical (unpaired) electrons. The summed E-state index contributed by atoms with van der Waals surface area (Å²) in [7, 11) is 1.22. The fourth-order valence-corrected chi connectivity index (χ4v) is 2.56. The molecule has 2 atom stereocenters. The molecule has 1 amide bonds. The second kappa shape index (κ2) is 6.07. The number of benzene rings is 1. The summed E-state index contributed by atoms with van der Waals surface area (Å²) in [5.74, 6) is -3.63. The Morgan fingerprint density at radius 1 is 1.33 bits per heavy atom. The number of ether oxygens (including phenoxy) is 1. The number of aliphatic carboxylic acids is 1. The van der Waals surface area contributed by atoms with E-state index in [2.05, 4.69) is 4.74 Å². The fraction of sp³-hybridized carbons (Fsp3) is 0.429. The van der Waals surface area contributed by atoms with E-state index < -0.39 is 35.7 Å². The molecule has 21 heavy (non-hydrogen) atoms. The summed E-state index contributed by atoms with van der Waals surface area (Å²) in [6, 6.07) is 2.65. The van der Waals surface area contributed by atoms with Crippen LogP contribution in [-0.4, -0.2) is 35.7 Å². The van der Waals surface area contributed by atoms with Crippen LogP contribution >= 0.6 is 0 Å². The minimum atomic E-state index is -1.03. The zero-order valence-corrected chi connectivity index (χ0v) is 11.4. The lowest BCUT2D eigenvalue weighted by atomic mass is 9.87. The lowest BCUT2D eigenvalue weighted by molar-refractivity contribution is -0.144. The summed E-state index contributed by atoms with van der Waals surface area (Å²) in [6.07, 6.45) is -0.186. The van der Waals surface area contributed by atoms with Crippen LogP contribution in [0.5, 0.6) is 0 Å². The summed E-state index contributed by atoms with van der Waals surface area (Å²) in [5, 5.41) is 9.11. The predicted octanol–water partition coefficient (Wildman–Crippen LogP) is 2.57. The molecular formula is C14H15F2NO4. The van der Waals surface area contributed by atoms with Crippen LogP contribution in [0.4, 0.5) is 13.6 Å². The van der Waals surface area contributed by atoms with Gasteiger partial charge >= 0.3 is 12.1 Å². The van der Waals surface area contributed by atoms with Gasteiger partial charge in [0.05, 0.1) is 19.1 Å². The van der Waals surface area contributed by atoms with Crippen LogP contribution in [-0.2, 0) is 9.53 Å². The van der Waals surface area contributed by atoms with Crippen molar-refractivity contribution in [1.29, 1.82) is 0 Å². The fourth-order valence-electron chi connectivity index (χ4n) is 2.56. The first-order valence-corrected chi connectivity index (χ1v) is 6.46. The molecule has 1 heterocycles. The highest BCUT2D eigenvalue weighted by atomic mass is 19.2. The number of halogens is 2. The molecule has 1 aromatic carbocycles. The van der Waals surface area contributed by atoms with Crippen molar-refractivity contribution in [1.82, 2.24) is 4.90 Å². The number of likely N-dealkylation sites (tertiary alicyclic amines) is 1. The highest BCUT2D eigenvalue weighted by molar-refractivity contribution is 5.72. The van der Waals surface area contributed by atoms with E-state index in [1.807, 2.05) is 0 Å². The average molecular weight is 299 g/mol. The van der Waals surface area contributed by atoms with Crippen molar-refractivity contribution >= 4 is 12.1 Å². The maximum Gasteiger partial charge on any atom is 0.409 e. The van der Waals surface area contributed by atoms with Crippen LogP contribution in [0, 0.1) is 17.6 Å². The third kappa shape index (κ3) is 3.12. The van der Waals surface area contributed by atoms with Crippen molar-refractivity contribution in [3.8, 4) is 0 Å². The van der Waals surface area contributed by atoms with Gasteiger partial charge in [-0.2, -0.15) is 0 Å². The maximum absolute atomic E-state index is 13.4. The molecule has 1 fully saturated rings. The van der Waals surface area contributed by atoms with Gasteiger partial charge in [-0.15, -0.1) is 0 Å². The first-order valence-electron chi connectivity index (χ1n) is 6.46. The molecule has 1 saturated heterocycles. The zero-order valence-electron chi connectivity index (χ0n) is 11.4. The van der Waals surface area contributed by atoms with Gasteiger partial charge in [-0.3, -0.25) is 4.79 Å². The molecule has 0 aromatic heterocycles. The third-order valence-corrected chi connectivity index (χ3v) is 3.69. The number of hydrogen-bond acceptors (Lipinski definition) is 3. The number of methoxy groups -OCH3 is 1. The van der Waals surface area contributed by atoms with Gasteiger partial charge in [0.2, 0.25) is 0 Å². The molecule has 0 aliphatic carbocycles. The number of carboxylic acid groups (broad SMARTS) is 1. The summed E-state index contributed by atoms with van der Waals surface area (Å²) >= 11 is 0. The molecule has 2 unspecified atom stereocenters. The monoisotopic (exact) mass is 299 g/mol. The van der Waals surface area contributed by atoms with E-state index in [0.717, 1.165) is 12.1 Å². The standard InChI is InChI=1S/C14H15F2NO4/c1-21-14(20)17-5-4-9(13(18)19)7-12(17)8-2-3-10(15)11(16)6-8/h2-3,6,9,12H,4-5,7H2,1H3,(H,18,19). The van der Waals surface area contributed by atoms with E-state index in [1.165, 1.54) is 18.1 Å². The molecule has 7 heteroatoms. The van der Waals surface area contributed by atoms with Gasteiger partial charge in [0.1, 0.15) is 0 Å². The molecule has 1 aliphatic rings. The van der Waals surface area contributed by atoms with Crippen LogP contribution in [0.1, 0.15) is 24.4 Å². The van der Waals surface area contributed by atoms with Crippen LogP contribution in [0.3, 0.4) is 0 Å². The van der Waals surface area contributed by atoms with Crippen LogP contribution in [0.25, 0.3) is 0 Å². The summed E-state index contributed by atoms with van der Waals surface area (Å²) in [6.45, 7) is 0.188. The van der Waals surface area contributed by atoms with Crippen molar-refractivity contribution in [2.75, 3.05) is 13.7 Å². The lowest BCUT2D eigenvalue weighted by Gasteiger charge is -2.37. The molecule has 114 valence electrons. The molecule has 0 saturated carbocycles. The number of piperidine rings is 1. The van der Waals surface area contributed by atoms with Crippen LogP contribution in [0.2, 0.25) is 0 Å². The third-order valence-electron chi connectivity index (χ3n) is 3.69. The number of nitrogens with zero attached hydrogens (tertiary/aromatic N) is 1. The molecule has 1 aliphatic heterocycles. The first-order chi connectivity index (χ1) is 9.93. The smallest absolute Gasteiger partial charge is 0.409 e. The number of hydrogen-bond donors (Lipinski definition) is 1. The largest absolute Gasteiger partial charge is 0.481 e. The summed E-state index contributed by atoms with van der Waals surface area (Å²) in [5.41, 5.74) is 0.352. The van der Waals surface area contributed by atoms with Gasteiger partial charge in [-0.25, -0.2) is 13.6 Å². The number of rotatable bonds is 2. The van der Waals surface area contributed by atoms with Crippen molar-refractivity contribution in [3.63, 3.8) is 0 Å². The molecule has 0 bridgehead atoms. The van der Waals surface area contributed by atoms with Crippen LogP contribution in [0.15, 0.2) is 18.2 Å². The second-order valence-corrected chi connectivity index (χ2v) is 4.91. The topological polar surface area (TPSA) is 66.8 Å². The summed E-state index contributed by atoms with van der Waals surface area (Å²) in [4.78, 5) is 24.2. The van der Waals surface area contributed by atoms with Gasteiger partial charge in [0.25, 0.3) is 0 Å². The van der Waals surface area contributed by atoms with E-state index in [-0.39, 0.29) is 13.0 Å². The Hall–Kier alpha value is -2.18. The average Bonchev–Trinajstić information content (AvgIpc) is 2.48. The molecule has 2 rings (SSSR count). The van der Waals surface area contributed by atoms with Gasteiger partial charge in [0, 0.05) is 6.54 Å².